The zero-order valence-electron chi connectivity index (χ0n) is 26.5. The molecule has 3 fully saturated rings. The van der Waals surface area contributed by atoms with Gasteiger partial charge in [0.05, 0.1) is 12.3 Å². The van der Waals surface area contributed by atoms with Crippen molar-refractivity contribution in [3.63, 3.8) is 0 Å². The minimum absolute atomic E-state index is 0.0997. The molecule has 0 bridgehead atoms. The molecule has 3 rings (SSSR count). The van der Waals surface area contributed by atoms with E-state index >= 15 is 0 Å². The van der Waals surface area contributed by atoms with E-state index in [1.165, 1.54) is 28.5 Å². The number of rotatable bonds is 15. The Bertz CT molecular complexity index is 1110. The molecular formula is C30H53N5O7S. The molecule has 3 aliphatic rings. The van der Waals surface area contributed by atoms with Crippen LogP contribution in [-0.2, 0) is 24.4 Å². The fourth-order valence-electron chi connectivity index (χ4n) is 6.21. The van der Waals surface area contributed by atoms with Crippen LogP contribution >= 0.6 is 0 Å². The lowest BCUT2D eigenvalue weighted by atomic mass is 9.86. The quantitative estimate of drug-likeness (QED) is 0.203. The van der Waals surface area contributed by atoms with Crippen LogP contribution in [0.25, 0.3) is 0 Å². The highest BCUT2D eigenvalue weighted by Gasteiger charge is 2.61. The number of likely N-dealkylation sites (tertiary alicyclic amines) is 1. The highest BCUT2D eigenvalue weighted by Crippen LogP contribution is 2.47. The smallest absolute Gasteiger partial charge is 0.329 e. The molecule has 1 saturated carbocycles. The van der Waals surface area contributed by atoms with E-state index in [-0.39, 0.29) is 24.8 Å². The van der Waals surface area contributed by atoms with Gasteiger partial charge in [-0.3, -0.25) is 9.59 Å². The number of carboxylic acids is 1. The zero-order chi connectivity index (χ0) is 31.8. The van der Waals surface area contributed by atoms with Crippen molar-refractivity contribution < 1.29 is 32.7 Å². The first-order valence-electron chi connectivity index (χ1n) is 16.1. The van der Waals surface area contributed by atoms with Crippen LogP contribution in [0.2, 0.25) is 0 Å². The first kappa shape index (κ1) is 35.1. The lowest BCUT2D eigenvalue weighted by Crippen LogP contribution is -2.57. The summed E-state index contributed by atoms with van der Waals surface area (Å²) in [5, 5.41) is 18.1. The second kappa shape index (κ2) is 15.0. The third-order valence-electron chi connectivity index (χ3n) is 9.21. The number of carboxylic acid groups (broad SMARTS) is 1. The number of aliphatic carboxylic acids is 1. The molecule has 4 atom stereocenters. The first-order chi connectivity index (χ1) is 20.2. The maximum Gasteiger partial charge on any atom is 0.329 e. The number of hydrogen-bond donors (Lipinski definition) is 4. The minimum atomic E-state index is -3.37. The SMILES string of the molecule is CCCCCCCCC1C[C@]1(NC(=O)[C@@H]1CCCN1C(=O)CNC(=O)NC(CN1CCCCS1(=O)=O)C(C)(C)C)C(=O)O. The molecule has 2 saturated heterocycles. The van der Waals surface area contributed by atoms with Gasteiger partial charge < -0.3 is 26.0 Å². The van der Waals surface area contributed by atoms with Gasteiger partial charge in [-0.2, -0.15) is 4.31 Å². The number of sulfonamides is 1. The number of carbonyl (C=O) groups excluding carboxylic acids is 3. The summed E-state index contributed by atoms with van der Waals surface area (Å²) in [5.41, 5.74) is -1.71. The van der Waals surface area contributed by atoms with E-state index in [1.54, 1.807) is 0 Å². The molecule has 0 radical (unpaired) electrons. The fraction of sp³-hybridized carbons (Fsp3) is 0.867. The molecule has 4 amide bonds. The second-order valence-corrected chi connectivity index (χ2v) is 15.7. The van der Waals surface area contributed by atoms with Gasteiger partial charge in [0.1, 0.15) is 11.6 Å². The van der Waals surface area contributed by atoms with Crippen LogP contribution in [0, 0.1) is 11.3 Å². The van der Waals surface area contributed by atoms with E-state index in [2.05, 4.69) is 22.9 Å². The summed E-state index contributed by atoms with van der Waals surface area (Å²) in [4.78, 5) is 52.7. The van der Waals surface area contributed by atoms with Crippen molar-refractivity contribution in [1.29, 1.82) is 0 Å². The molecular weight excluding hydrogens is 574 g/mol. The van der Waals surface area contributed by atoms with Gasteiger partial charge in [-0.15, -0.1) is 0 Å². The molecule has 0 aromatic carbocycles. The lowest BCUT2D eigenvalue weighted by Gasteiger charge is -2.36. The van der Waals surface area contributed by atoms with Crippen LogP contribution in [0.15, 0.2) is 0 Å². The van der Waals surface area contributed by atoms with Crippen LogP contribution in [-0.4, -0.2) is 96.1 Å². The summed E-state index contributed by atoms with van der Waals surface area (Å²) >= 11 is 0. The number of nitrogens with one attached hydrogen (secondary N) is 3. The average Bonchev–Trinajstić information content (AvgIpc) is 3.39. The summed E-state index contributed by atoms with van der Waals surface area (Å²) in [6.07, 6.45) is 10.3. The molecule has 12 nitrogen and oxygen atoms in total. The van der Waals surface area contributed by atoms with Crippen LogP contribution in [0.1, 0.15) is 105 Å². The Hall–Kier alpha value is -2.41. The van der Waals surface area contributed by atoms with E-state index in [9.17, 15) is 32.7 Å². The maximum absolute atomic E-state index is 13.2. The molecule has 2 unspecified atom stereocenters. The van der Waals surface area contributed by atoms with Crippen molar-refractivity contribution >= 4 is 33.8 Å². The van der Waals surface area contributed by atoms with Crippen molar-refractivity contribution in [2.45, 2.75) is 122 Å². The summed E-state index contributed by atoms with van der Waals surface area (Å²) in [6.45, 7) is 8.47. The van der Waals surface area contributed by atoms with E-state index < -0.39 is 56.9 Å². The molecule has 0 spiro atoms. The van der Waals surface area contributed by atoms with E-state index in [0.717, 1.165) is 32.1 Å². The van der Waals surface area contributed by atoms with Crippen molar-refractivity contribution in [1.82, 2.24) is 25.2 Å². The van der Waals surface area contributed by atoms with Gasteiger partial charge in [0, 0.05) is 25.7 Å². The topological polar surface area (TPSA) is 165 Å². The van der Waals surface area contributed by atoms with Crippen molar-refractivity contribution in [2.24, 2.45) is 11.3 Å². The fourth-order valence-corrected chi connectivity index (χ4v) is 7.82. The Labute approximate surface area is 257 Å². The van der Waals surface area contributed by atoms with Gasteiger partial charge >= 0.3 is 12.0 Å². The second-order valence-electron chi connectivity index (χ2n) is 13.6. The minimum Gasteiger partial charge on any atom is -0.479 e. The number of hydrogen-bond acceptors (Lipinski definition) is 6. The maximum atomic E-state index is 13.2. The van der Waals surface area contributed by atoms with Gasteiger partial charge in [0.25, 0.3) is 0 Å². The monoisotopic (exact) mass is 627 g/mol. The molecule has 2 aliphatic heterocycles. The van der Waals surface area contributed by atoms with Crippen LogP contribution in [0.3, 0.4) is 0 Å². The van der Waals surface area contributed by atoms with E-state index in [0.29, 0.717) is 38.8 Å². The predicted octanol–water partition coefficient (Wildman–Crippen LogP) is 2.83. The Morgan fingerprint density at radius 3 is 2.35 bits per heavy atom. The largest absolute Gasteiger partial charge is 0.479 e. The highest BCUT2D eigenvalue weighted by molar-refractivity contribution is 7.89. The summed E-state index contributed by atoms with van der Waals surface area (Å²) < 4.78 is 26.4. The molecule has 43 heavy (non-hydrogen) atoms. The zero-order valence-corrected chi connectivity index (χ0v) is 27.3. The Morgan fingerprint density at radius 2 is 1.70 bits per heavy atom. The van der Waals surface area contributed by atoms with Crippen LogP contribution in [0.4, 0.5) is 4.79 Å². The predicted molar refractivity (Wildman–Crippen MR) is 164 cm³/mol. The first-order valence-corrected chi connectivity index (χ1v) is 17.7. The van der Waals surface area contributed by atoms with E-state index in [1.807, 2.05) is 20.8 Å². The molecule has 1 aliphatic carbocycles. The van der Waals surface area contributed by atoms with Gasteiger partial charge in [-0.1, -0.05) is 66.2 Å². The van der Waals surface area contributed by atoms with Crippen molar-refractivity contribution in [2.75, 3.05) is 31.9 Å². The van der Waals surface area contributed by atoms with Gasteiger partial charge in [-0.05, 0) is 49.9 Å². The standard InChI is InChI=1S/C30H53N5O7S/c1-5-6-7-8-9-10-14-22-19-30(22,27(38)39)33-26(37)23-15-13-17-35(23)25(36)20-31-28(40)32-24(29(2,3)4)21-34-16-11-12-18-43(34,41)42/h22-24H,5-21H2,1-4H3,(H,33,37)(H,38,39)(H2,31,32,40)/t22?,23-,24?,30+/m0/s1. The highest BCUT2D eigenvalue weighted by atomic mass is 32.2. The third-order valence-corrected chi connectivity index (χ3v) is 11.1. The number of nitrogens with zero attached hydrogens (tertiary/aromatic N) is 2. The number of unbranched alkanes of at least 4 members (excludes halogenated alkanes) is 5. The molecule has 2 heterocycles. The summed E-state index contributed by atoms with van der Waals surface area (Å²) in [6, 6.07) is -1.87. The Kier molecular flexibility index (Phi) is 12.3. The van der Waals surface area contributed by atoms with Crippen LogP contribution in [0.5, 0.6) is 0 Å². The lowest BCUT2D eigenvalue weighted by molar-refractivity contribution is -0.145. The van der Waals surface area contributed by atoms with Crippen LogP contribution < -0.4 is 16.0 Å². The van der Waals surface area contributed by atoms with Gasteiger partial charge in [0.2, 0.25) is 21.8 Å². The molecule has 246 valence electrons. The van der Waals surface area contributed by atoms with Crippen molar-refractivity contribution in [3.05, 3.63) is 0 Å². The number of urea groups is 1. The van der Waals surface area contributed by atoms with E-state index in [4.69, 9.17) is 0 Å². The Balaban J connectivity index is 1.50. The molecule has 0 aromatic heterocycles. The number of amides is 4. The van der Waals surface area contributed by atoms with Crippen molar-refractivity contribution in [3.8, 4) is 0 Å². The van der Waals surface area contributed by atoms with Gasteiger partial charge in [-0.25, -0.2) is 18.0 Å². The number of carbonyl (C=O) groups is 4. The average molecular weight is 628 g/mol. The Morgan fingerprint density at radius 1 is 1.00 bits per heavy atom. The summed E-state index contributed by atoms with van der Waals surface area (Å²) in [5.74, 6) is -1.92. The molecule has 0 aromatic rings. The molecule has 4 N–H and O–H groups in total. The van der Waals surface area contributed by atoms with Gasteiger partial charge in [0.15, 0.2) is 0 Å². The summed E-state index contributed by atoms with van der Waals surface area (Å²) in [7, 11) is -3.37. The molecule has 13 heteroatoms. The third kappa shape index (κ3) is 9.54. The normalized spacial score (nSPS) is 26.0.